The number of nitrogens with zero attached hydrogens (tertiary/aromatic N) is 3. The van der Waals surface area contributed by atoms with E-state index in [1.54, 1.807) is 9.80 Å². The summed E-state index contributed by atoms with van der Waals surface area (Å²) in [4.78, 5) is 15.7. The maximum absolute atomic E-state index is 12.2. The number of piperidine rings is 1. The van der Waals surface area contributed by atoms with E-state index in [4.69, 9.17) is 10.00 Å². The molecule has 0 aromatic rings. The summed E-state index contributed by atoms with van der Waals surface area (Å²) in [6.45, 7) is 3.23. The summed E-state index contributed by atoms with van der Waals surface area (Å²) in [6, 6.07) is 2.00. The van der Waals surface area contributed by atoms with Crippen molar-refractivity contribution in [3.8, 4) is 6.07 Å². The zero-order valence-corrected chi connectivity index (χ0v) is 9.39. The number of urea groups is 1. The molecule has 16 heavy (non-hydrogen) atoms. The van der Waals surface area contributed by atoms with Crippen LogP contribution >= 0.6 is 0 Å². The molecule has 2 rings (SSSR count). The first kappa shape index (κ1) is 11.2. The number of ether oxygens (including phenoxy) is 1. The van der Waals surface area contributed by atoms with Crippen LogP contribution in [0.4, 0.5) is 4.79 Å². The molecule has 0 spiro atoms. The molecule has 1 atom stereocenters. The number of hydrogen-bond donors (Lipinski definition) is 0. The van der Waals surface area contributed by atoms with Crippen molar-refractivity contribution in [2.45, 2.75) is 25.3 Å². The van der Waals surface area contributed by atoms with Crippen LogP contribution in [0.5, 0.6) is 0 Å². The first-order valence-electron chi connectivity index (χ1n) is 5.86. The highest BCUT2D eigenvalue weighted by molar-refractivity contribution is 5.75. The summed E-state index contributed by atoms with van der Waals surface area (Å²) in [6.07, 6.45) is 2.87. The third-order valence-electron chi connectivity index (χ3n) is 3.18. The van der Waals surface area contributed by atoms with Crippen LogP contribution in [-0.4, -0.2) is 54.7 Å². The van der Waals surface area contributed by atoms with Gasteiger partial charge in [-0.25, -0.2) is 4.79 Å². The first-order valence-corrected chi connectivity index (χ1v) is 5.86. The van der Waals surface area contributed by atoms with E-state index in [1.807, 2.05) is 0 Å². The van der Waals surface area contributed by atoms with Gasteiger partial charge in [-0.15, -0.1) is 0 Å². The van der Waals surface area contributed by atoms with Crippen LogP contribution in [0.15, 0.2) is 0 Å². The predicted molar refractivity (Wildman–Crippen MR) is 57.7 cm³/mol. The van der Waals surface area contributed by atoms with Crippen LogP contribution in [0.2, 0.25) is 0 Å². The molecule has 1 unspecified atom stereocenters. The highest BCUT2D eigenvalue weighted by Gasteiger charge is 2.30. The van der Waals surface area contributed by atoms with Gasteiger partial charge < -0.3 is 14.5 Å². The van der Waals surface area contributed by atoms with Crippen LogP contribution in [0.25, 0.3) is 0 Å². The zero-order valence-electron chi connectivity index (χ0n) is 9.39. The standard InChI is InChI=1S/C11H17N3O2/c12-9-10-3-1-2-4-14(10)11(15)13-5-7-16-8-6-13/h10H,1-8H2. The van der Waals surface area contributed by atoms with E-state index in [0.29, 0.717) is 32.8 Å². The lowest BCUT2D eigenvalue weighted by atomic mass is 10.0. The molecule has 2 fully saturated rings. The number of rotatable bonds is 0. The molecule has 2 aliphatic heterocycles. The molecule has 0 aromatic carbocycles. The molecule has 5 heteroatoms. The second-order valence-electron chi connectivity index (χ2n) is 4.22. The molecule has 2 aliphatic rings. The molecule has 0 bridgehead atoms. The number of hydrogen-bond acceptors (Lipinski definition) is 3. The number of likely N-dealkylation sites (tertiary alicyclic amines) is 1. The van der Waals surface area contributed by atoms with E-state index in [0.717, 1.165) is 19.3 Å². The lowest BCUT2D eigenvalue weighted by Crippen LogP contribution is -2.52. The number of amides is 2. The quantitative estimate of drug-likeness (QED) is 0.611. The molecule has 0 radical (unpaired) electrons. The summed E-state index contributed by atoms with van der Waals surface area (Å²) >= 11 is 0. The first-order chi connectivity index (χ1) is 7.83. The van der Waals surface area contributed by atoms with Crippen LogP contribution in [0.3, 0.4) is 0 Å². The lowest BCUT2D eigenvalue weighted by molar-refractivity contribution is 0.0388. The monoisotopic (exact) mass is 223 g/mol. The van der Waals surface area contributed by atoms with Crippen molar-refractivity contribution in [2.75, 3.05) is 32.8 Å². The SMILES string of the molecule is N#CC1CCCCN1C(=O)N1CCOCC1. The predicted octanol–water partition coefficient (Wildman–Crippen LogP) is 0.817. The molecule has 0 aliphatic carbocycles. The van der Waals surface area contributed by atoms with Crippen molar-refractivity contribution >= 4 is 6.03 Å². The van der Waals surface area contributed by atoms with E-state index < -0.39 is 0 Å². The Morgan fingerprint density at radius 3 is 2.69 bits per heavy atom. The lowest BCUT2D eigenvalue weighted by Gasteiger charge is -2.37. The van der Waals surface area contributed by atoms with Gasteiger partial charge in [0, 0.05) is 19.6 Å². The van der Waals surface area contributed by atoms with Crippen molar-refractivity contribution in [1.29, 1.82) is 5.26 Å². The summed E-state index contributed by atoms with van der Waals surface area (Å²) < 4.78 is 5.21. The summed E-state index contributed by atoms with van der Waals surface area (Å²) in [5, 5.41) is 9.02. The summed E-state index contributed by atoms with van der Waals surface area (Å²) in [5.41, 5.74) is 0. The number of carbonyl (C=O) groups is 1. The Labute approximate surface area is 95.6 Å². The van der Waals surface area contributed by atoms with Gasteiger partial charge in [0.1, 0.15) is 6.04 Å². The normalized spacial score (nSPS) is 26.3. The van der Waals surface area contributed by atoms with Gasteiger partial charge in [-0.05, 0) is 19.3 Å². The minimum absolute atomic E-state index is 0.00884. The molecule has 2 saturated heterocycles. The fourth-order valence-corrected chi connectivity index (χ4v) is 2.23. The summed E-state index contributed by atoms with van der Waals surface area (Å²) in [7, 11) is 0. The minimum Gasteiger partial charge on any atom is -0.378 e. The third-order valence-corrected chi connectivity index (χ3v) is 3.18. The van der Waals surface area contributed by atoms with E-state index in [-0.39, 0.29) is 12.1 Å². The maximum Gasteiger partial charge on any atom is 0.321 e. The zero-order chi connectivity index (χ0) is 11.4. The van der Waals surface area contributed by atoms with Gasteiger partial charge in [0.2, 0.25) is 0 Å². The van der Waals surface area contributed by atoms with E-state index in [9.17, 15) is 4.79 Å². The Morgan fingerprint density at radius 1 is 1.25 bits per heavy atom. The third kappa shape index (κ3) is 2.27. The largest absolute Gasteiger partial charge is 0.378 e. The van der Waals surface area contributed by atoms with Crippen molar-refractivity contribution in [3.63, 3.8) is 0 Å². The van der Waals surface area contributed by atoms with E-state index in [1.165, 1.54) is 0 Å². The highest BCUT2D eigenvalue weighted by atomic mass is 16.5. The molecule has 88 valence electrons. The Hall–Kier alpha value is -1.28. The second-order valence-corrected chi connectivity index (χ2v) is 4.22. The van der Waals surface area contributed by atoms with Gasteiger partial charge >= 0.3 is 6.03 Å². The molecule has 0 saturated carbocycles. The molecular formula is C11H17N3O2. The Balaban J connectivity index is 1.98. The molecule has 2 heterocycles. The van der Waals surface area contributed by atoms with Gasteiger partial charge in [-0.1, -0.05) is 0 Å². The van der Waals surface area contributed by atoms with Gasteiger partial charge in [-0.2, -0.15) is 5.26 Å². The van der Waals surface area contributed by atoms with E-state index >= 15 is 0 Å². The fourth-order valence-electron chi connectivity index (χ4n) is 2.23. The number of morpholine rings is 1. The maximum atomic E-state index is 12.2. The van der Waals surface area contributed by atoms with Crippen molar-refractivity contribution < 1.29 is 9.53 Å². The van der Waals surface area contributed by atoms with Gasteiger partial charge in [-0.3, -0.25) is 0 Å². The Kier molecular flexibility index (Phi) is 3.62. The highest BCUT2D eigenvalue weighted by Crippen LogP contribution is 2.18. The van der Waals surface area contributed by atoms with Gasteiger partial charge in [0.25, 0.3) is 0 Å². The van der Waals surface area contributed by atoms with Gasteiger partial charge in [0.15, 0.2) is 0 Å². The van der Waals surface area contributed by atoms with Crippen LogP contribution in [-0.2, 0) is 4.74 Å². The molecule has 5 nitrogen and oxygen atoms in total. The van der Waals surface area contributed by atoms with Crippen LogP contribution in [0.1, 0.15) is 19.3 Å². The molecule has 0 N–H and O–H groups in total. The number of nitriles is 1. The Morgan fingerprint density at radius 2 is 2.00 bits per heavy atom. The average molecular weight is 223 g/mol. The van der Waals surface area contributed by atoms with Crippen molar-refractivity contribution in [1.82, 2.24) is 9.80 Å². The fraction of sp³-hybridized carbons (Fsp3) is 0.818. The van der Waals surface area contributed by atoms with Crippen molar-refractivity contribution in [3.05, 3.63) is 0 Å². The average Bonchev–Trinajstić information content (AvgIpc) is 2.39. The topological polar surface area (TPSA) is 56.6 Å². The number of carbonyl (C=O) groups excluding carboxylic acids is 1. The van der Waals surface area contributed by atoms with E-state index in [2.05, 4.69) is 6.07 Å². The molecule has 0 aromatic heterocycles. The Bertz CT molecular complexity index is 294. The van der Waals surface area contributed by atoms with Gasteiger partial charge in [0.05, 0.1) is 19.3 Å². The second kappa shape index (κ2) is 5.17. The molecular weight excluding hydrogens is 206 g/mol. The molecule has 2 amide bonds. The smallest absolute Gasteiger partial charge is 0.321 e. The summed E-state index contributed by atoms with van der Waals surface area (Å²) in [5.74, 6) is 0. The minimum atomic E-state index is -0.232. The van der Waals surface area contributed by atoms with Crippen molar-refractivity contribution in [2.24, 2.45) is 0 Å². The van der Waals surface area contributed by atoms with Crippen LogP contribution in [0, 0.1) is 11.3 Å². The van der Waals surface area contributed by atoms with Crippen LogP contribution < -0.4 is 0 Å².